The average Bonchev–Trinajstić information content (AvgIpc) is 2.28. The fourth-order valence-electron chi connectivity index (χ4n) is 0.807. The quantitative estimate of drug-likeness (QED) is 0.494. The van der Waals surface area contributed by atoms with Crippen LogP contribution in [0, 0.1) is 0 Å². The van der Waals surface area contributed by atoms with E-state index in [1.54, 1.807) is 0 Å². The van der Waals surface area contributed by atoms with Crippen molar-refractivity contribution in [2.45, 2.75) is 31.3 Å². The molecular weight excluding hydrogens is 316 g/mol. The van der Waals surface area contributed by atoms with Gasteiger partial charge >= 0.3 is 24.3 Å². The maximum absolute atomic E-state index is 10.6. The highest BCUT2D eigenvalue weighted by molar-refractivity contribution is 5.73. The Morgan fingerprint density at radius 3 is 1.19 bits per heavy atom. The molecule has 0 aromatic carbocycles. The van der Waals surface area contributed by atoms with Gasteiger partial charge in [0.2, 0.25) is 0 Å². The summed E-state index contributed by atoms with van der Waals surface area (Å²) in [4.78, 5) is 17.8. The van der Waals surface area contributed by atoms with E-state index in [-0.39, 0.29) is 6.10 Å². The Kier molecular flexibility index (Phi) is 9.72. The number of aliphatic carboxylic acids is 2. The molecular formula is C9H13F6NO5. The Labute approximate surface area is 114 Å². The molecule has 0 unspecified atom stereocenters. The number of alkyl halides is 6. The zero-order chi connectivity index (χ0) is 17.3. The minimum absolute atomic E-state index is 0.0266. The van der Waals surface area contributed by atoms with Crippen LogP contribution in [0.15, 0.2) is 0 Å². The van der Waals surface area contributed by atoms with Crippen molar-refractivity contribution in [3.63, 3.8) is 0 Å². The maximum atomic E-state index is 10.6. The number of piperidine rings is 1. The molecule has 1 saturated heterocycles. The van der Waals surface area contributed by atoms with Gasteiger partial charge < -0.3 is 20.6 Å². The first kappa shape index (κ1) is 21.7. The lowest BCUT2D eigenvalue weighted by Crippen LogP contribution is -2.30. The molecule has 12 heteroatoms. The molecule has 6 nitrogen and oxygen atoms in total. The molecule has 126 valence electrons. The molecule has 0 spiro atoms. The molecule has 0 aromatic rings. The summed E-state index contributed by atoms with van der Waals surface area (Å²) in [5.74, 6) is -5.51. The summed E-state index contributed by atoms with van der Waals surface area (Å²) in [6.45, 7) is 1.97. The summed E-state index contributed by atoms with van der Waals surface area (Å²) in [5, 5.41) is 26.3. The highest BCUT2D eigenvalue weighted by Crippen LogP contribution is 2.13. The first-order valence-corrected chi connectivity index (χ1v) is 5.27. The van der Waals surface area contributed by atoms with E-state index in [1.807, 2.05) is 0 Å². The summed E-state index contributed by atoms with van der Waals surface area (Å²) < 4.78 is 63.5. The van der Waals surface area contributed by atoms with Crippen LogP contribution in [-0.2, 0) is 9.59 Å². The molecule has 1 aliphatic rings. The molecule has 1 fully saturated rings. The van der Waals surface area contributed by atoms with Gasteiger partial charge in [-0.15, -0.1) is 0 Å². The standard InChI is InChI=1S/C5H11NO.2C2HF3O2/c7-5-1-3-6-4-2-5;2*3-2(4,5)1(6)7/h5-7H,1-4H2;2*(H,6,7). The zero-order valence-electron chi connectivity index (χ0n) is 10.3. The highest BCUT2D eigenvalue weighted by Gasteiger charge is 2.38. The number of hydrogen-bond donors (Lipinski definition) is 4. The van der Waals surface area contributed by atoms with Gasteiger partial charge in [-0.1, -0.05) is 0 Å². The smallest absolute Gasteiger partial charge is 0.475 e. The van der Waals surface area contributed by atoms with Gasteiger partial charge in [0.15, 0.2) is 0 Å². The van der Waals surface area contributed by atoms with Gasteiger partial charge in [0.25, 0.3) is 0 Å². The third-order valence-corrected chi connectivity index (χ3v) is 1.79. The zero-order valence-corrected chi connectivity index (χ0v) is 10.3. The van der Waals surface area contributed by atoms with E-state index >= 15 is 0 Å². The number of rotatable bonds is 0. The second-order valence-corrected chi connectivity index (χ2v) is 3.59. The lowest BCUT2D eigenvalue weighted by atomic mass is 10.1. The first-order chi connectivity index (χ1) is 9.28. The molecule has 4 N–H and O–H groups in total. The number of nitrogens with one attached hydrogen (secondary N) is 1. The maximum Gasteiger partial charge on any atom is 0.490 e. The molecule has 0 atom stereocenters. The summed E-state index contributed by atoms with van der Waals surface area (Å²) in [5.41, 5.74) is 0. The lowest BCUT2D eigenvalue weighted by Gasteiger charge is -2.16. The topological polar surface area (TPSA) is 107 Å². The van der Waals surface area contributed by atoms with Crippen molar-refractivity contribution in [1.82, 2.24) is 5.32 Å². The van der Waals surface area contributed by atoms with Crippen molar-refractivity contribution in [3.8, 4) is 0 Å². The summed E-state index contributed by atoms with van der Waals surface area (Å²) in [7, 11) is 0. The minimum atomic E-state index is -5.08. The average molecular weight is 329 g/mol. The Hall–Kier alpha value is -1.56. The molecule has 0 aromatic heterocycles. The lowest BCUT2D eigenvalue weighted by molar-refractivity contribution is -0.193. The van der Waals surface area contributed by atoms with Crippen molar-refractivity contribution < 1.29 is 51.3 Å². The van der Waals surface area contributed by atoms with Crippen molar-refractivity contribution in [3.05, 3.63) is 0 Å². The predicted molar refractivity (Wildman–Crippen MR) is 55.5 cm³/mol. The predicted octanol–water partition coefficient (Wildman–Crippen LogP) is 0.997. The number of carboxylic acids is 2. The number of aliphatic hydroxyl groups is 1. The van der Waals surface area contributed by atoms with Crippen molar-refractivity contribution in [2.24, 2.45) is 0 Å². The summed E-state index contributed by atoms with van der Waals surface area (Å²) >= 11 is 0. The van der Waals surface area contributed by atoms with Crippen LogP contribution >= 0.6 is 0 Å². The van der Waals surface area contributed by atoms with E-state index in [2.05, 4.69) is 5.32 Å². The van der Waals surface area contributed by atoms with Crippen molar-refractivity contribution in [2.75, 3.05) is 13.1 Å². The van der Waals surface area contributed by atoms with Crippen LogP contribution < -0.4 is 5.32 Å². The van der Waals surface area contributed by atoms with Crippen LogP contribution in [0.25, 0.3) is 0 Å². The van der Waals surface area contributed by atoms with E-state index in [0.29, 0.717) is 0 Å². The second-order valence-electron chi connectivity index (χ2n) is 3.59. The van der Waals surface area contributed by atoms with Crippen LogP contribution in [-0.4, -0.2) is 58.8 Å². The minimum Gasteiger partial charge on any atom is -0.475 e. The van der Waals surface area contributed by atoms with Crippen LogP contribution in [0.3, 0.4) is 0 Å². The van der Waals surface area contributed by atoms with Crippen molar-refractivity contribution >= 4 is 11.9 Å². The third-order valence-electron chi connectivity index (χ3n) is 1.79. The van der Waals surface area contributed by atoms with Gasteiger partial charge in [-0.3, -0.25) is 0 Å². The second kappa shape index (κ2) is 9.39. The number of carbonyl (C=O) groups is 2. The summed E-state index contributed by atoms with van der Waals surface area (Å²) in [6, 6.07) is 0. The molecule has 0 saturated carbocycles. The number of halogens is 6. The third kappa shape index (κ3) is 14.7. The van der Waals surface area contributed by atoms with E-state index in [1.165, 1.54) is 0 Å². The fraction of sp³-hybridized carbons (Fsp3) is 0.778. The SMILES string of the molecule is O=C(O)C(F)(F)F.O=C(O)C(F)(F)F.OC1CCNCC1. The fourth-order valence-corrected chi connectivity index (χ4v) is 0.807. The largest absolute Gasteiger partial charge is 0.490 e. The van der Waals surface area contributed by atoms with E-state index in [0.717, 1.165) is 25.9 Å². The Morgan fingerprint density at radius 2 is 1.10 bits per heavy atom. The summed E-state index contributed by atoms with van der Waals surface area (Å²) in [6.07, 6.45) is -8.33. The normalized spacial score (nSPS) is 16.0. The molecule has 0 bridgehead atoms. The van der Waals surface area contributed by atoms with Gasteiger partial charge in [-0.2, -0.15) is 26.3 Å². The van der Waals surface area contributed by atoms with Crippen LogP contribution in [0.1, 0.15) is 12.8 Å². The first-order valence-electron chi connectivity index (χ1n) is 5.27. The van der Waals surface area contributed by atoms with Gasteiger partial charge in [0.1, 0.15) is 0 Å². The Balaban J connectivity index is 0. The Bertz CT molecular complexity index is 300. The monoisotopic (exact) mass is 329 g/mol. The van der Waals surface area contributed by atoms with Crippen LogP contribution in [0.2, 0.25) is 0 Å². The Morgan fingerprint density at radius 1 is 0.857 bits per heavy atom. The van der Waals surface area contributed by atoms with Crippen LogP contribution in [0.5, 0.6) is 0 Å². The van der Waals surface area contributed by atoms with Gasteiger partial charge in [0.05, 0.1) is 6.10 Å². The molecule has 0 radical (unpaired) electrons. The number of aliphatic hydroxyl groups excluding tert-OH is 1. The molecule has 0 amide bonds. The van der Waals surface area contributed by atoms with Crippen molar-refractivity contribution in [1.29, 1.82) is 0 Å². The molecule has 1 aliphatic heterocycles. The molecule has 1 heterocycles. The highest BCUT2D eigenvalue weighted by atomic mass is 19.4. The number of carboxylic acid groups (broad SMARTS) is 2. The molecule has 21 heavy (non-hydrogen) atoms. The van der Waals surface area contributed by atoms with Crippen LogP contribution in [0.4, 0.5) is 26.3 Å². The van der Waals surface area contributed by atoms with Gasteiger partial charge in [-0.05, 0) is 25.9 Å². The van der Waals surface area contributed by atoms with E-state index in [9.17, 15) is 26.3 Å². The molecule has 0 aliphatic carbocycles. The van der Waals surface area contributed by atoms with E-state index < -0.39 is 24.3 Å². The van der Waals surface area contributed by atoms with Gasteiger partial charge in [-0.25, -0.2) is 9.59 Å². The van der Waals surface area contributed by atoms with Gasteiger partial charge in [0, 0.05) is 0 Å². The molecule has 1 rings (SSSR count). The number of hydrogen-bond acceptors (Lipinski definition) is 4. The van der Waals surface area contributed by atoms with E-state index in [4.69, 9.17) is 24.9 Å².